The number of carbonyl (C=O) groups excluding carboxylic acids is 2. The number of primary amides is 1. The molecule has 0 saturated carbocycles. The maximum atomic E-state index is 12.4. The summed E-state index contributed by atoms with van der Waals surface area (Å²) in [5, 5.41) is 1.87. The van der Waals surface area contributed by atoms with Crippen LogP contribution in [0.1, 0.15) is 46.0 Å². The maximum Gasteiger partial charge on any atom is 0.241 e. The zero-order valence-electron chi connectivity index (χ0n) is 13.6. The molecule has 0 aromatic heterocycles. The van der Waals surface area contributed by atoms with Gasteiger partial charge < -0.3 is 15.8 Å². The zero-order chi connectivity index (χ0) is 17.2. The van der Waals surface area contributed by atoms with Crippen LogP contribution in [0.3, 0.4) is 0 Å². The minimum Gasteiger partial charge on any atom is -0.384 e. The Kier molecular flexibility index (Phi) is 10.0. The summed E-state index contributed by atoms with van der Waals surface area (Å²) in [5.74, 6) is -1.75. The van der Waals surface area contributed by atoms with E-state index in [0.29, 0.717) is 12.8 Å². The second kappa shape index (κ2) is 10.6. The predicted octanol–water partition coefficient (Wildman–Crippen LogP) is 0.377. The van der Waals surface area contributed by atoms with Gasteiger partial charge in [-0.15, -0.1) is 0 Å². The van der Waals surface area contributed by atoms with Crippen LogP contribution < -0.4 is 11.1 Å². The van der Waals surface area contributed by atoms with Crippen LogP contribution in [0.2, 0.25) is 0 Å². The second-order valence-corrected chi connectivity index (χ2v) is 7.62. The van der Waals surface area contributed by atoms with Crippen LogP contribution >= 0.6 is 0 Å². The van der Waals surface area contributed by atoms with Gasteiger partial charge in [0.25, 0.3) is 0 Å². The molecule has 0 aliphatic heterocycles. The fraction of sp³-hybridized carbons (Fsp3) is 0.857. The van der Waals surface area contributed by atoms with Gasteiger partial charge in [-0.05, 0) is 12.8 Å². The SMILES string of the molecule is CCCC(CCC)S(=O)(=O)C[C@@H](NC(=O)CCOC)C(N)=O. The molecular weight excluding hydrogens is 308 g/mol. The fourth-order valence-corrected chi connectivity index (χ4v) is 4.35. The summed E-state index contributed by atoms with van der Waals surface area (Å²) in [5.41, 5.74) is 5.22. The van der Waals surface area contributed by atoms with Crippen molar-refractivity contribution in [3.8, 4) is 0 Å². The number of nitrogens with one attached hydrogen (secondary N) is 1. The molecule has 0 aromatic carbocycles. The van der Waals surface area contributed by atoms with Gasteiger partial charge in [0.2, 0.25) is 11.8 Å². The number of ether oxygens (including phenoxy) is 1. The molecule has 7 nitrogen and oxygen atoms in total. The summed E-state index contributed by atoms with van der Waals surface area (Å²) in [6.07, 6.45) is 2.61. The lowest BCUT2D eigenvalue weighted by atomic mass is 10.2. The van der Waals surface area contributed by atoms with E-state index in [0.717, 1.165) is 12.8 Å². The average Bonchev–Trinajstić information content (AvgIpc) is 2.43. The summed E-state index contributed by atoms with van der Waals surface area (Å²) in [6.45, 7) is 4.02. The van der Waals surface area contributed by atoms with E-state index in [1.807, 2.05) is 13.8 Å². The lowest BCUT2D eigenvalue weighted by Crippen LogP contribution is -2.50. The first kappa shape index (κ1) is 20.9. The highest BCUT2D eigenvalue weighted by Gasteiger charge is 2.30. The Labute approximate surface area is 132 Å². The van der Waals surface area contributed by atoms with E-state index in [4.69, 9.17) is 10.5 Å². The Morgan fingerprint density at radius 1 is 1.18 bits per heavy atom. The van der Waals surface area contributed by atoms with E-state index < -0.39 is 38.7 Å². The van der Waals surface area contributed by atoms with Crippen molar-refractivity contribution < 1.29 is 22.7 Å². The number of hydrogen-bond donors (Lipinski definition) is 2. The molecule has 0 rings (SSSR count). The highest BCUT2D eigenvalue weighted by atomic mass is 32.2. The molecule has 22 heavy (non-hydrogen) atoms. The largest absolute Gasteiger partial charge is 0.384 e. The van der Waals surface area contributed by atoms with Crippen molar-refractivity contribution in [3.05, 3.63) is 0 Å². The first-order valence-electron chi connectivity index (χ1n) is 7.57. The smallest absolute Gasteiger partial charge is 0.241 e. The van der Waals surface area contributed by atoms with Crippen molar-refractivity contribution in [1.82, 2.24) is 5.32 Å². The topological polar surface area (TPSA) is 116 Å². The lowest BCUT2D eigenvalue weighted by molar-refractivity contribution is -0.127. The molecule has 0 heterocycles. The second-order valence-electron chi connectivity index (χ2n) is 5.29. The quantitative estimate of drug-likeness (QED) is 0.534. The van der Waals surface area contributed by atoms with E-state index in [1.165, 1.54) is 7.11 Å². The Balaban J connectivity index is 4.90. The molecule has 0 saturated heterocycles. The molecule has 0 fully saturated rings. The molecule has 0 radical (unpaired) electrons. The zero-order valence-corrected chi connectivity index (χ0v) is 14.4. The Morgan fingerprint density at radius 2 is 1.73 bits per heavy atom. The van der Waals surface area contributed by atoms with Crippen LogP contribution in [0.15, 0.2) is 0 Å². The van der Waals surface area contributed by atoms with E-state index in [2.05, 4.69) is 5.32 Å². The predicted molar refractivity (Wildman–Crippen MR) is 85.0 cm³/mol. The van der Waals surface area contributed by atoms with Gasteiger partial charge in [0.05, 0.1) is 17.6 Å². The van der Waals surface area contributed by atoms with Crippen molar-refractivity contribution in [2.45, 2.75) is 57.2 Å². The first-order chi connectivity index (χ1) is 10.3. The Hall–Kier alpha value is -1.15. The molecular formula is C14H28N2O5S. The van der Waals surface area contributed by atoms with E-state index in [1.54, 1.807) is 0 Å². The van der Waals surface area contributed by atoms with Crippen molar-refractivity contribution in [1.29, 1.82) is 0 Å². The van der Waals surface area contributed by atoms with E-state index in [9.17, 15) is 18.0 Å². The van der Waals surface area contributed by atoms with Crippen molar-refractivity contribution in [2.24, 2.45) is 5.73 Å². The van der Waals surface area contributed by atoms with Gasteiger partial charge in [0, 0.05) is 13.5 Å². The van der Waals surface area contributed by atoms with Crippen LogP contribution in [-0.4, -0.2) is 51.0 Å². The number of amides is 2. The molecule has 0 spiro atoms. The first-order valence-corrected chi connectivity index (χ1v) is 9.29. The monoisotopic (exact) mass is 336 g/mol. The number of carbonyl (C=O) groups is 2. The summed E-state index contributed by atoms with van der Waals surface area (Å²) >= 11 is 0. The molecule has 0 aliphatic carbocycles. The van der Waals surface area contributed by atoms with Gasteiger partial charge in [-0.3, -0.25) is 9.59 Å². The normalized spacial score (nSPS) is 13.1. The molecule has 0 unspecified atom stereocenters. The molecule has 3 N–H and O–H groups in total. The highest BCUT2D eigenvalue weighted by molar-refractivity contribution is 7.92. The minimum absolute atomic E-state index is 0.0493. The molecule has 0 bridgehead atoms. The lowest BCUT2D eigenvalue weighted by Gasteiger charge is -2.20. The third-order valence-corrected chi connectivity index (χ3v) is 5.63. The molecule has 130 valence electrons. The number of nitrogens with two attached hydrogens (primary N) is 1. The van der Waals surface area contributed by atoms with E-state index in [-0.39, 0.29) is 13.0 Å². The van der Waals surface area contributed by atoms with Gasteiger partial charge >= 0.3 is 0 Å². The van der Waals surface area contributed by atoms with E-state index >= 15 is 0 Å². The summed E-state index contributed by atoms with van der Waals surface area (Å²) < 4.78 is 29.6. The fourth-order valence-electron chi connectivity index (χ4n) is 2.17. The number of hydrogen-bond acceptors (Lipinski definition) is 5. The molecule has 0 aromatic rings. The number of methoxy groups -OCH3 is 1. The van der Waals surface area contributed by atoms with Crippen LogP contribution in [0.25, 0.3) is 0 Å². The summed E-state index contributed by atoms with van der Waals surface area (Å²) in [4.78, 5) is 23.1. The molecule has 2 amide bonds. The third kappa shape index (κ3) is 7.74. The van der Waals surface area contributed by atoms with Gasteiger partial charge in [-0.1, -0.05) is 26.7 Å². The maximum absolute atomic E-state index is 12.4. The van der Waals surface area contributed by atoms with Gasteiger partial charge in [-0.25, -0.2) is 8.42 Å². The third-order valence-electron chi connectivity index (χ3n) is 3.34. The molecule has 0 aliphatic rings. The van der Waals surface area contributed by atoms with Gasteiger partial charge in [0.1, 0.15) is 6.04 Å². The average molecular weight is 336 g/mol. The number of sulfone groups is 1. The Morgan fingerprint density at radius 3 is 2.14 bits per heavy atom. The van der Waals surface area contributed by atoms with Crippen LogP contribution in [0, 0.1) is 0 Å². The number of rotatable bonds is 12. The molecule has 1 atom stereocenters. The van der Waals surface area contributed by atoms with Crippen molar-refractivity contribution in [2.75, 3.05) is 19.5 Å². The minimum atomic E-state index is -3.50. The summed E-state index contributed by atoms with van der Waals surface area (Å²) in [6, 6.07) is -1.20. The van der Waals surface area contributed by atoms with Gasteiger partial charge in [0.15, 0.2) is 9.84 Å². The van der Waals surface area contributed by atoms with Crippen LogP contribution in [0.5, 0.6) is 0 Å². The Bertz CT molecular complexity index is 444. The van der Waals surface area contributed by atoms with Gasteiger partial charge in [-0.2, -0.15) is 0 Å². The molecule has 8 heteroatoms. The summed E-state index contributed by atoms with van der Waals surface area (Å²) in [7, 11) is -2.06. The highest BCUT2D eigenvalue weighted by Crippen LogP contribution is 2.16. The van der Waals surface area contributed by atoms with Crippen molar-refractivity contribution in [3.63, 3.8) is 0 Å². The van der Waals surface area contributed by atoms with Crippen LogP contribution in [-0.2, 0) is 24.2 Å². The van der Waals surface area contributed by atoms with Crippen LogP contribution in [0.4, 0.5) is 0 Å². The standard InChI is InChI=1S/C14H28N2O5S/c1-4-6-11(7-5-2)22(19,20)10-12(14(15)18)16-13(17)8-9-21-3/h11-12H,4-10H2,1-3H3,(H2,15,18)(H,16,17)/t12-/m1/s1. The van der Waals surface area contributed by atoms with Crippen molar-refractivity contribution >= 4 is 21.7 Å².